The third-order valence-electron chi connectivity index (χ3n) is 5.78. The zero-order valence-electron chi connectivity index (χ0n) is 24.1. The van der Waals surface area contributed by atoms with E-state index in [9.17, 15) is 28.8 Å². The van der Waals surface area contributed by atoms with Crippen molar-refractivity contribution in [3.05, 3.63) is 35.9 Å². The molecule has 14 nitrogen and oxygen atoms in total. The summed E-state index contributed by atoms with van der Waals surface area (Å²) in [5, 5.41) is 7.30. The maximum absolute atomic E-state index is 13.2. The van der Waals surface area contributed by atoms with Crippen LogP contribution < -0.4 is 33.2 Å². The fraction of sp³-hybridized carbons (Fsp3) is 0.556. The monoisotopic (exact) mass is 578 g/mol. The lowest BCUT2D eigenvalue weighted by Crippen LogP contribution is -2.59. The van der Waals surface area contributed by atoms with Gasteiger partial charge in [-0.05, 0) is 39.7 Å². The summed E-state index contributed by atoms with van der Waals surface area (Å²) in [6, 6.07) is 3.58. The van der Waals surface area contributed by atoms with Crippen molar-refractivity contribution in [3.8, 4) is 0 Å². The van der Waals surface area contributed by atoms with Crippen LogP contribution >= 0.6 is 0 Å². The first-order chi connectivity index (χ1) is 19.0. The summed E-state index contributed by atoms with van der Waals surface area (Å²) in [5.41, 5.74) is 16.7. The second-order valence-electron chi connectivity index (χ2n) is 10.5. The van der Waals surface area contributed by atoms with E-state index in [4.69, 9.17) is 26.7 Å². The Bertz CT molecular complexity index is 1080. The van der Waals surface area contributed by atoms with Crippen molar-refractivity contribution >= 4 is 35.5 Å². The highest BCUT2D eigenvalue weighted by Crippen LogP contribution is 2.13. The molecule has 9 N–H and O–H groups in total. The standard InChI is InChI=1S/C27H42N6O8/c1-15(41-27(2,3)4)22(30)25(38)31-17(11-12-20(28)34)23(36)32-18(14-21(29)35)24(37)33-19(26(39)40-5)13-16-9-7-6-8-10-16/h6-10,15,17-19,22H,11-14,30H2,1-5H3,(H2,28,34)(H2,29,35)(H,31,38)(H,32,36)(H,33,37)/t15-,17+,18+,19+,22+/m1/s1. The molecule has 0 spiro atoms. The van der Waals surface area contributed by atoms with Crippen molar-refractivity contribution < 1.29 is 38.2 Å². The van der Waals surface area contributed by atoms with E-state index in [0.29, 0.717) is 5.56 Å². The number of nitrogens with one attached hydrogen (secondary N) is 3. The Morgan fingerprint density at radius 3 is 1.88 bits per heavy atom. The molecule has 0 bridgehead atoms. The zero-order valence-corrected chi connectivity index (χ0v) is 24.1. The Balaban J connectivity index is 3.11. The van der Waals surface area contributed by atoms with Crippen LogP contribution in [0.1, 0.15) is 52.5 Å². The fourth-order valence-corrected chi connectivity index (χ4v) is 3.81. The van der Waals surface area contributed by atoms with Gasteiger partial charge in [0.05, 0.1) is 25.2 Å². The fourth-order valence-electron chi connectivity index (χ4n) is 3.81. The highest BCUT2D eigenvalue weighted by atomic mass is 16.5. The first-order valence-electron chi connectivity index (χ1n) is 13.1. The molecule has 0 aliphatic heterocycles. The van der Waals surface area contributed by atoms with Crippen molar-refractivity contribution in [1.29, 1.82) is 0 Å². The molecule has 0 radical (unpaired) electrons. The number of carbonyl (C=O) groups excluding carboxylic acids is 6. The molecule has 1 rings (SSSR count). The lowest BCUT2D eigenvalue weighted by molar-refractivity contribution is -0.145. The summed E-state index contributed by atoms with van der Waals surface area (Å²) in [4.78, 5) is 74.7. The molecular weight excluding hydrogens is 536 g/mol. The first-order valence-corrected chi connectivity index (χ1v) is 13.1. The van der Waals surface area contributed by atoms with E-state index in [1.165, 1.54) is 0 Å². The van der Waals surface area contributed by atoms with Gasteiger partial charge in [-0.15, -0.1) is 0 Å². The van der Waals surface area contributed by atoms with Crippen LogP contribution in [-0.4, -0.2) is 78.5 Å². The summed E-state index contributed by atoms with van der Waals surface area (Å²) >= 11 is 0. The number of carbonyl (C=O) groups is 6. The number of hydrogen-bond donors (Lipinski definition) is 6. The minimum atomic E-state index is -1.52. The summed E-state index contributed by atoms with van der Waals surface area (Å²) in [5.74, 6) is -4.97. The Labute approximate surface area is 239 Å². The average Bonchev–Trinajstić information content (AvgIpc) is 2.88. The lowest BCUT2D eigenvalue weighted by atomic mass is 10.0. The number of hydrogen-bond acceptors (Lipinski definition) is 9. The largest absolute Gasteiger partial charge is 0.467 e. The van der Waals surface area contributed by atoms with Crippen LogP contribution in [0.4, 0.5) is 0 Å². The molecule has 0 heterocycles. The number of ether oxygens (including phenoxy) is 2. The van der Waals surface area contributed by atoms with Crippen molar-refractivity contribution in [2.45, 2.75) is 89.3 Å². The number of methoxy groups -OCH3 is 1. The molecule has 0 aliphatic rings. The van der Waals surface area contributed by atoms with Gasteiger partial charge < -0.3 is 42.6 Å². The molecular formula is C27H42N6O8. The molecule has 1 aromatic rings. The molecule has 1 aromatic carbocycles. The van der Waals surface area contributed by atoms with Crippen molar-refractivity contribution in [3.63, 3.8) is 0 Å². The molecule has 0 unspecified atom stereocenters. The molecule has 5 amide bonds. The van der Waals surface area contributed by atoms with E-state index in [1.807, 2.05) is 0 Å². The van der Waals surface area contributed by atoms with E-state index < -0.39 is 77.8 Å². The van der Waals surface area contributed by atoms with Gasteiger partial charge in [0.1, 0.15) is 24.2 Å². The Hall–Kier alpha value is -4.04. The molecule has 0 saturated carbocycles. The summed E-state index contributed by atoms with van der Waals surface area (Å²) in [7, 11) is 1.15. The number of esters is 1. The van der Waals surface area contributed by atoms with Gasteiger partial charge in [-0.2, -0.15) is 0 Å². The SMILES string of the molecule is COC(=O)[C@H](Cc1ccccc1)NC(=O)[C@H](CC(N)=O)NC(=O)[C@H](CCC(N)=O)NC(=O)[C@@H](N)[C@@H](C)OC(C)(C)C. The number of benzene rings is 1. The second-order valence-corrected chi connectivity index (χ2v) is 10.5. The molecule has 0 aliphatic carbocycles. The zero-order chi connectivity index (χ0) is 31.3. The minimum absolute atomic E-state index is 0.0699. The van der Waals surface area contributed by atoms with Gasteiger partial charge >= 0.3 is 5.97 Å². The average molecular weight is 579 g/mol. The van der Waals surface area contributed by atoms with E-state index >= 15 is 0 Å². The molecule has 41 heavy (non-hydrogen) atoms. The van der Waals surface area contributed by atoms with Gasteiger partial charge in [-0.25, -0.2) is 4.79 Å². The molecule has 5 atom stereocenters. The Kier molecular flexibility index (Phi) is 13.9. The van der Waals surface area contributed by atoms with Crippen LogP contribution in [0.5, 0.6) is 0 Å². The maximum atomic E-state index is 13.2. The number of primary amides is 2. The summed E-state index contributed by atoms with van der Waals surface area (Å²) in [6.07, 6.45) is -1.79. The third-order valence-corrected chi connectivity index (χ3v) is 5.78. The van der Waals surface area contributed by atoms with E-state index in [1.54, 1.807) is 58.0 Å². The van der Waals surface area contributed by atoms with Crippen LogP contribution in [0.2, 0.25) is 0 Å². The van der Waals surface area contributed by atoms with Crippen molar-refractivity contribution in [2.75, 3.05) is 7.11 Å². The topological polar surface area (TPSA) is 235 Å². The van der Waals surface area contributed by atoms with Gasteiger partial charge in [0.25, 0.3) is 0 Å². The van der Waals surface area contributed by atoms with Crippen molar-refractivity contribution in [2.24, 2.45) is 17.2 Å². The second kappa shape index (κ2) is 16.3. The van der Waals surface area contributed by atoms with Gasteiger partial charge in [-0.1, -0.05) is 30.3 Å². The van der Waals surface area contributed by atoms with Crippen LogP contribution in [-0.2, 0) is 44.7 Å². The lowest BCUT2D eigenvalue weighted by Gasteiger charge is -2.29. The van der Waals surface area contributed by atoms with Crippen LogP contribution in [0.25, 0.3) is 0 Å². The Morgan fingerprint density at radius 1 is 0.829 bits per heavy atom. The predicted octanol–water partition coefficient (Wildman–Crippen LogP) is -1.47. The first kappa shape index (κ1) is 35.0. The predicted molar refractivity (Wildman–Crippen MR) is 148 cm³/mol. The maximum Gasteiger partial charge on any atom is 0.328 e. The quantitative estimate of drug-likeness (QED) is 0.125. The van der Waals surface area contributed by atoms with E-state index in [-0.39, 0.29) is 19.3 Å². The van der Waals surface area contributed by atoms with Gasteiger partial charge in [0, 0.05) is 12.8 Å². The number of rotatable bonds is 16. The Morgan fingerprint density at radius 2 is 1.37 bits per heavy atom. The minimum Gasteiger partial charge on any atom is -0.467 e. The molecule has 0 aromatic heterocycles. The van der Waals surface area contributed by atoms with Crippen LogP contribution in [0.3, 0.4) is 0 Å². The smallest absolute Gasteiger partial charge is 0.328 e. The number of nitrogens with two attached hydrogens (primary N) is 3. The summed E-state index contributed by atoms with van der Waals surface area (Å²) < 4.78 is 10.5. The molecule has 0 fully saturated rings. The van der Waals surface area contributed by atoms with Gasteiger partial charge in [0.15, 0.2) is 0 Å². The molecule has 14 heteroatoms. The van der Waals surface area contributed by atoms with Gasteiger partial charge in [-0.3, -0.25) is 24.0 Å². The molecule has 228 valence electrons. The van der Waals surface area contributed by atoms with E-state index in [0.717, 1.165) is 7.11 Å². The molecule has 0 saturated heterocycles. The highest BCUT2D eigenvalue weighted by Gasteiger charge is 2.33. The van der Waals surface area contributed by atoms with Crippen LogP contribution in [0, 0.1) is 0 Å². The number of amides is 5. The van der Waals surface area contributed by atoms with Crippen LogP contribution in [0.15, 0.2) is 30.3 Å². The van der Waals surface area contributed by atoms with Gasteiger partial charge in [0.2, 0.25) is 29.5 Å². The summed E-state index contributed by atoms with van der Waals surface area (Å²) in [6.45, 7) is 6.94. The van der Waals surface area contributed by atoms with Crippen molar-refractivity contribution in [1.82, 2.24) is 16.0 Å². The third kappa shape index (κ3) is 13.2. The normalized spacial score (nSPS) is 14.9. The highest BCUT2D eigenvalue weighted by molar-refractivity contribution is 5.96. The van der Waals surface area contributed by atoms with E-state index in [2.05, 4.69) is 16.0 Å².